The highest BCUT2D eigenvalue weighted by molar-refractivity contribution is 5.94. The third-order valence-corrected chi connectivity index (χ3v) is 7.32. The van der Waals surface area contributed by atoms with Crippen LogP contribution < -0.4 is 4.74 Å². The average molecular weight is 534 g/mol. The quantitative estimate of drug-likeness (QED) is 0.136. The summed E-state index contributed by atoms with van der Waals surface area (Å²) in [7, 11) is 0. The predicted octanol–water partition coefficient (Wildman–Crippen LogP) is 7.06. The predicted molar refractivity (Wildman–Crippen MR) is 143 cm³/mol. The van der Waals surface area contributed by atoms with Gasteiger partial charge in [0.1, 0.15) is 29.7 Å². The molecular weight excluding hydrogens is 504 g/mol. The topological polar surface area (TPSA) is 96.9 Å². The number of ether oxygens (including phenoxy) is 1. The summed E-state index contributed by atoms with van der Waals surface area (Å²) in [5.41, 5.74) is 3.11. The van der Waals surface area contributed by atoms with Crippen LogP contribution in [0.4, 0.5) is 8.78 Å². The molecule has 0 radical (unpaired) electrons. The summed E-state index contributed by atoms with van der Waals surface area (Å²) in [6, 6.07) is 15.9. The van der Waals surface area contributed by atoms with Crippen LogP contribution in [-0.4, -0.2) is 32.3 Å². The minimum atomic E-state index is -0.834. The van der Waals surface area contributed by atoms with Gasteiger partial charge in [-0.15, -0.1) is 0 Å². The third-order valence-electron chi connectivity index (χ3n) is 7.32. The van der Waals surface area contributed by atoms with Crippen molar-refractivity contribution in [3.63, 3.8) is 0 Å². The number of carboxylic acid groups (broad SMARTS) is 1. The zero-order valence-corrected chi connectivity index (χ0v) is 21.5. The Labute approximate surface area is 224 Å². The molecular formula is C30H29F2N3O4. The maximum atomic E-state index is 14.6. The zero-order chi connectivity index (χ0) is 27.5. The van der Waals surface area contributed by atoms with Crippen LogP contribution in [-0.2, 0) is 11.4 Å². The second-order valence-corrected chi connectivity index (χ2v) is 10.0. The fourth-order valence-electron chi connectivity index (χ4n) is 5.25. The van der Waals surface area contributed by atoms with Crippen molar-refractivity contribution in [3.05, 3.63) is 82.9 Å². The summed E-state index contributed by atoms with van der Waals surface area (Å²) in [6.45, 7) is 2.19. The Balaban J connectivity index is 1.43. The van der Waals surface area contributed by atoms with Gasteiger partial charge in [-0.3, -0.25) is 9.48 Å². The molecule has 0 spiro atoms. The fourth-order valence-corrected chi connectivity index (χ4v) is 5.25. The van der Waals surface area contributed by atoms with E-state index in [1.54, 1.807) is 0 Å². The molecule has 0 aliphatic heterocycles. The van der Waals surface area contributed by atoms with Gasteiger partial charge < -0.3 is 15.1 Å². The van der Waals surface area contributed by atoms with Crippen molar-refractivity contribution in [2.24, 2.45) is 5.16 Å². The number of nitrogens with zero attached hydrogens (tertiary/aromatic N) is 3. The first kappa shape index (κ1) is 26.3. The van der Waals surface area contributed by atoms with Crippen LogP contribution in [0.5, 0.6) is 5.75 Å². The minimum absolute atomic E-state index is 0.0667. The lowest BCUT2D eigenvalue weighted by molar-refractivity contribution is -0.137. The van der Waals surface area contributed by atoms with Crippen LogP contribution >= 0.6 is 0 Å². The molecule has 1 aliphatic carbocycles. The van der Waals surface area contributed by atoms with Crippen molar-refractivity contribution in [2.75, 3.05) is 0 Å². The summed E-state index contributed by atoms with van der Waals surface area (Å²) in [6.07, 6.45) is 4.97. The van der Waals surface area contributed by atoms with Gasteiger partial charge in [-0.1, -0.05) is 49.2 Å². The van der Waals surface area contributed by atoms with Crippen molar-refractivity contribution < 1.29 is 28.6 Å². The minimum Gasteiger partial charge on any atom is -0.489 e. The fraction of sp³-hybridized carbons (Fsp3) is 0.300. The molecule has 1 fully saturated rings. The monoisotopic (exact) mass is 533 g/mol. The molecule has 1 unspecified atom stereocenters. The number of hydrogen-bond acceptors (Lipinski definition) is 5. The Hall–Kier alpha value is -4.27. The van der Waals surface area contributed by atoms with E-state index in [1.807, 2.05) is 54.1 Å². The van der Waals surface area contributed by atoms with E-state index in [0.29, 0.717) is 23.6 Å². The maximum Gasteiger partial charge on any atom is 0.303 e. The number of rotatable bonds is 9. The average Bonchev–Trinajstić information content (AvgIpc) is 3.57. The van der Waals surface area contributed by atoms with E-state index in [4.69, 9.17) is 20.1 Å². The van der Waals surface area contributed by atoms with Gasteiger partial charge in [0.15, 0.2) is 0 Å². The molecule has 1 aliphatic rings. The van der Waals surface area contributed by atoms with E-state index >= 15 is 0 Å². The second-order valence-electron chi connectivity index (χ2n) is 10.0. The van der Waals surface area contributed by atoms with E-state index in [9.17, 15) is 13.6 Å². The maximum absolute atomic E-state index is 14.6. The number of benzene rings is 3. The molecule has 2 N–H and O–H groups in total. The van der Waals surface area contributed by atoms with E-state index in [2.05, 4.69) is 5.16 Å². The van der Waals surface area contributed by atoms with Crippen molar-refractivity contribution in [3.8, 4) is 17.0 Å². The van der Waals surface area contributed by atoms with E-state index in [-0.39, 0.29) is 18.4 Å². The van der Waals surface area contributed by atoms with Gasteiger partial charge in [0.2, 0.25) is 0 Å². The molecule has 3 aromatic carbocycles. The molecule has 202 valence electrons. The first-order valence-electron chi connectivity index (χ1n) is 13.0. The van der Waals surface area contributed by atoms with Crippen molar-refractivity contribution in [2.45, 2.75) is 57.6 Å². The van der Waals surface area contributed by atoms with Gasteiger partial charge in [-0.2, -0.15) is 5.10 Å². The lowest BCUT2D eigenvalue weighted by Crippen LogP contribution is -2.07. The molecule has 39 heavy (non-hydrogen) atoms. The Bertz CT molecular complexity index is 1500. The number of fused-ring (bicyclic) bond motifs is 1. The van der Waals surface area contributed by atoms with Gasteiger partial charge in [0.05, 0.1) is 29.8 Å². The highest BCUT2D eigenvalue weighted by atomic mass is 19.1. The molecule has 0 amide bonds. The number of halogens is 2. The lowest BCUT2D eigenvalue weighted by Gasteiger charge is -2.13. The summed E-state index contributed by atoms with van der Waals surface area (Å²) in [4.78, 5) is 11.0. The van der Waals surface area contributed by atoms with Crippen LogP contribution in [0.25, 0.3) is 22.2 Å². The molecule has 1 atom stereocenters. The number of carboxylic acids is 1. The van der Waals surface area contributed by atoms with E-state index in [1.165, 1.54) is 12.1 Å². The number of aliphatic carboxylic acids is 1. The van der Waals surface area contributed by atoms with Crippen molar-refractivity contribution >= 4 is 23.1 Å². The molecule has 1 heterocycles. The van der Waals surface area contributed by atoms with Crippen LogP contribution in [0, 0.1) is 11.6 Å². The molecule has 0 bridgehead atoms. The molecule has 1 saturated carbocycles. The van der Waals surface area contributed by atoms with Crippen molar-refractivity contribution in [1.29, 1.82) is 0 Å². The molecule has 5 rings (SSSR count). The smallest absolute Gasteiger partial charge is 0.303 e. The van der Waals surface area contributed by atoms with Gasteiger partial charge in [-0.05, 0) is 60.2 Å². The summed E-state index contributed by atoms with van der Waals surface area (Å²) >= 11 is 0. The summed E-state index contributed by atoms with van der Waals surface area (Å²) in [5, 5.41) is 26.1. The molecule has 7 nitrogen and oxygen atoms in total. The number of aromatic nitrogens is 2. The number of hydrogen-bond donors (Lipinski definition) is 2. The normalized spacial score (nSPS) is 14.8. The number of carbonyl (C=O) groups is 1. The van der Waals surface area contributed by atoms with Gasteiger partial charge >= 0.3 is 5.97 Å². The Kier molecular flexibility index (Phi) is 7.58. The Morgan fingerprint density at radius 3 is 2.46 bits per heavy atom. The first-order chi connectivity index (χ1) is 18.8. The standard InChI is InChI=1S/C30H29F2N3O4/c1-18(12-29(36)37)20-7-9-23(10-8-20)39-17-19-6-11-24-28(13-19)35(22-4-2-3-5-22)34-30(24)21-14-26(31)25(16-33-38)27(32)15-21/h6-11,13-16,18,22,38H,2-5,12,17H2,1H3,(H,36,37)/b33-16+. The van der Waals surface area contributed by atoms with Crippen LogP contribution in [0.3, 0.4) is 0 Å². The highest BCUT2D eigenvalue weighted by Gasteiger charge is 2.23. The van der Waals surface area contributed by atoms with Gasteiger partial charge in [-0.25, -0.2) is 8.78 Å². The summed E-state index contributed by atoms with van der Waals surface area (Å²) in [5.74, 6) is -1.92. The van der Waals surface area contributed by atoms with Crippen LogP contribution in [0.15, 0.2) is 59.8 Å². The molecule has 0 saturated heterocycles. The van der Waals surface area contributed by atoms with Gasteiger partial charge in [0, 0.05) is 10.9 Å². The van der Waals surface area contributed by atoms with Crippen molar-refractivity contribution in [1.82, 2.24) is 9.78 Å². The largest absolute Gasteiger partial charge is 0.489 e. The molecule has 1 aromatic heterocycles. The summed E-state index contributed by atoms with van der Waals surface area (Å²) < 4.78 is 37.2. The SMILES string of the molecule is CC(CC(=O)O)c1ccc(OCc2ccc3c(-c4cc(F)c(/C=N/O)c(F)c4)nn(C4CCCC4)c3c2)cc1. The Morgan fingerprint density at radius 1 is 1.13 bits per heavy atom. The lowest BCUT2D eigenvalue weighted by atomic mass is 9.98. The Morgan fingerprint density at radius 2 is 1.82 bits per heavy atom. The van der Waals surface area contributed by atoms with Gasteiger partial charge in [0.25, 0.3) is 0 Å². The van der Waals surface area contributed by atoms with Crippen LogP contribution in [0.1, 0.15) is 67.7 Å². The second kappa shape index (κ2) is 11.2. The highest BCUT2D eigenvalue weighted by Crippen LogP contribution is 2.37. The zero-order valence-electron chi connectivity index (χ0n) is 21.5. The number of oxime groups is 1. The molecule has 9 heteroatoms. The first-order valence-corrected chi connectivity index (χ1v) is 13.0. The molecule has 4 aromatic rings. The van der Waals surface area contributed by atoms with E-state index < -0.39 is 23.2 Å². The third kappa shape index (κ3) is 5.62. The van der Waals surface area contributed by atoms with Crippen LogP contribution in [0.2, 0.25) is 0 Å². The van der Waals surface area contributed by atoms with E-state index in [0.717, 1.165) is 53.9 Å².